The van der Waals surface area contributed by atoms with Gasteiger partial charge in [-0.05, 0) is 40.6 Å². The van der Waals surface area contributed by atoms with Crippen molar-refractivity contribution in [3.8, 4) is 0 Å². The van der Waals surface area contributed by atoms with Crippen LogP contribution in [0.5, 0.6) is 0 Å². The van der Waals surface area contributed by atoms with Crippen molar-refractivity contribution in [2.24, 2.45) is 0 Å². The Bertz CT molecular complexity index is 860. The minimum Gasteiger partial charge on any atom is -0.364 e. The summed E-state index contributed by atoms with van der Waals surface area (Å²) in [6, 6.07) is 6.32. The number of hydrogen-bond acceptors (Lipinski definition) is 4. The summed E-state index contributed by atoms with van der Waals surface area (Å²) in [5.74, 6) is 0.113. The number of carbonyl (C=O) groups excluding carboxylic acids is 1. The number of fused-ring (bicyclic) bond motifs is 1. The van der Waals surface area contributed by atoms with E-state index in [2.05, 4.69) is 16.5 Å². The van der Waals surface area contributed by atoms with Gasteiger partial charge in [0, 0.05) is 13.1 Å². The lowest BCUT2D eigenvalue weighted by molar-refractivity contribution is -0.136. The second kappa shape index (κ2) is 8.04. The van der Waals surface area contributed by atoms with Crippen molar-refractivity contribution in [1.82, 2.24) is 14.9 Å². The zero-order chi connectivity index (χ0) is 17.6. The van der Waals surface area contributed by atoms with Gasteiger partial charge in [-0.15, -0.1) is 6.58 Å². The van der Waals surface area contributed by atoms with Gasteiger partial charge in [-0.3, -0.25) is 4.79 Å². The van der Waals surface area contributed by atoms with Crippen LogP contribution in [0.3, 0.4) is 0 Å². The smallest absolute Gasteiger partial charge is 0.249 e. The van der Waals surface area contributed by atoms with Crippen molar-refractivity contribution in [3.63, 3.8) is 0 Å². The molecule has 0 saturated heterocycles. The summed E-state index contributed by atoms with van der Waals surface area (Å²) in [6.07, 6.45) is 1.69. The van der Waals surface area contributed by atoms with Crippen molar-refractivity contribution in [2.45, 2.75) is 13.2 Å². The normalized spacial score (nSPS) is 10.9. The lowest BCUT2D eigenvalue weighted by Gasteiger charge is -2.20. The fourth-order valence-electron chi connectivity index (χ4n) is 2.44. The standard InChI is InChI=1S/C18H18FN3O2S/c1-2-6-22(9-13-5-7-25-12-13)18(23)11-24-10-17-20-15-4-3-14(19)8-16(15)21-17/h2-5,7-8,12H,1,6,9-11H2,(H,20,21). The van der Waals surface area contributed by atoms with E-state index in [1.165, 1.54) is 12.1 Å². The Kier molecular flexibility index (Phi) is 5.57. The number of aromatic nitrogens is 2. The molecule has 1 amide bonds. The molecule has 0 bridgehead atoms. The molecular formula is C18H18FN3O2S. The molecule has 0 aliphatic rings. The van der Waals surface area contributed by atoms with Gasteiger partial charge in [-0.1, -0.05) is 6.08 Å². The summed E-state index contributed by atoms with van der Waals surface area (Å²) in [5, 5.41) is 3.99. The van der Waals surface area contributed by atoms with Gasteiger partial charge in [0.05, 0.1) is 11.0 Å². The van der Waals surface area contributed by atoms with Gasteiger partial charge >= 0.3 is 0 Å². The van der Waals surface area contributed by atoms with Crippen molar-refractivity contribution in [1.29, 1.82) is 0 Å². The molecule has 0 aliphatic carbocycles. The molecule has 0 aliphatic heterocycles. The summed E-state index contributed by atoms with van der Waals surface area (Å²) < 4.78 is 18.7. The van der Waals surface area contributed by atoms with Gasteiger partial charge in [-0.2, -0.15) is 11.3 Å². The molecule has 3 rings (SSSR count). The van der Waals surface area contributed by atoms with Crippen LogP contribution in [-0.4, -0.2) is 33.9 Å². The number of aromatic amines is 1. The maximum atomic E-state index is 13.2. The van der Waals surface area contributed by atoms with Gasteiger partial charge in [0.1, 0.15) is 24.9 Å². The Hall–Kier alpha value is -2.51. The van der Waals surface area contributed by atoms with E-state index in [9.17, 15) is 9.18 Å². The first-order valence-electron chi connectivity index (χ1n) is 7.77. The first-order valence-corrected chi connectivity index (χ1v) is 8.71. The molecule has 2 aromatic heterocycles. The van der Waals surface area contributed by atoms with Crippen LogP contribution in [0.1, 0.15) is 11.4 Å². The molecule has 1 N–H and O–H groups in total. The van der Waals surface area contributed by atoms with Crippen molar-refractivity contribution >= 4 is 28.3 Å². The van der Waals surface area contributed by atoms with E-state index in [1.807, 2.05) is 16.8 Å². The Morgan fingerprint density at radius 1 is 1.44 bits per heavy atom. The van der Waals surface area contributed by atoms with Gasteiger partial charge in [0.15, 0.2) is 0 Å². The summed E-state index contributed by atoms with van der Waals surface area (Å²) in [7, 11) is 0. The van der Waals surface area contributed by atoms with Crippen molar-refractivity contribution in [2.75, 3.05) is 13.2 Å². The minimum atomic E-state index is -0.327. The summed E-state index contributed by atoms with van der Waals surface area (Å²) >= 11 is 1.60. The molecule has 0 fully saturated rings. The fourth-order valence-corrected chi connectivity index (χ4v) is 3.10. The van der Waals surface area contributed by atoms with E-state index >= 15 is 0 Å². The number of amides is 1. The zero-order valence-corrected chi connectivity index (χ0v) is 14.4. The van der Waals surface area contributed by atoms with Crippen molar-refractivity contribution in [3.05, 3.63) is 64.9 Å². The number of benzene rings is 1. The molecule has 0 radical (unpaired) electrons. The zero-order valence-electron chi connectivity index (χ0n) is 13.6. The van der Waals surface area contributed by atoms with Gasteiger partial charge in [-0.25, -0.2) is 9.37 Å². The highest BCUT2D eigenvalue weighted by Gasteiger charge is 2.14. The molecule has 0 saturated carbocycles. The Morgan fingerprint density at radius 2 is 2.32 bits per heavy atom. The van der Waals surface area contributed by atoms with Crippen LogP contribution in [0, 0.1) is 5.82 Å². The lowest BCUT2D eigenvalue weighted by Crippen LogP contribution is -2.33. The van der Waals surface area contributed by atoms with Gasteiger partial charge < -0.3 is 14.6 Å². The van der Waals surface area contributed by atoms with Crippen LogP contribution in [0.15, 0.2) is 47.7 Å². The third kappa shape index (κ3) is 4.52. The van der Waals surface area contributed by atoms with Crippen LogP contribution in [0.2, 0.25) is 0 Å². The van der Waals surface area contributed by atoms with E-state index < -0.39 is 0 Å². The van der Waals surface area contributed by atoms with Gasteiger partial charge in [0.2, 0.25) is 5.91 Å². The van der Waals surface area contributed by atoms with Gasteiger partial charge in [0.25, 0.3) is 0 Å². The van der Waals surface area contributed by atoms with Crippen LogP contribution in [0.25, 0.3) is 11.0 Å². The molecule has 3 aromatic rings. The highest BCUT2D eigenvalue weighted by molar-refractivity contribution is 7.07. The van der Waals surface area contributed by atoms with Crippen LogP contribution >= 0.6 is 11.3 Å². The molecule has 0 unspecified atom stereocenters. The average molecular weight is 359 g/mol. The number of thiophene rings is 1. The maximum absolute atomic E-state index is 13.2. The van der Waals surface area contributed by atoms with Crippen LogP contribution in [-0.2, 0) is 22.7 Å². The number of halogens is 1. The van der Waals surface area contributed by atoms with E-state index in [4.69, 9.17) is 4.74 Å². The summed E-state index contributed by atoms with van der Waals surface area (Å²) in [5.41, 5.74) is 2.35. The topological polar surface area (TPSA) is 58.2 Å². The molecule has 0 atom stereocenters. The largest absolute Gasteiger partial charge is 0.364 e. The first kappa shape index (κ1) is 17.3. The quantitative estimate of drug-likeness (QED) is 0.626. The van der Waals surface area contributed by atoms with E-state index in [0.29, 0.717) is 29.9 Å². The fraction of sp³-hybridized carbons (Fsp3) is 0.222. The molecular weight excluding hydrogens is 341 g/mol. The Balaban J connectivity index is 1.55. The Morgan fingerprint density at radius 3 is 3.08 bits per heavy atom. The third-order valence-corrected chi connectivity index (χ3v) is 4.35. The molecule has 7 heteroatoms. The summed E-state index contributed by atoms with van der Waals surface area (Å²) in [6.45, 7) is 4.79. The molecule has 0 spiro atoms. The van der Waals surface area contributed by atoms with E-state index in [1.54, 1.807) is 28.4 Å². The number of nitrogens with zero attached hydrogens (tertiary/aromatic N) is 2. The van der Waals surface area contributed by atoms with Crippen LogP contribution < -0.4 is 0 Å². The maximum Gasteiger partial charge on any atom is 0.249 e. The number of hydrogen-bond donors (Lipinski definition) is 1. The SMILES string of the molecule is C=CCN(Cc1ccsc1)C(=O)COCc1nc2ccc(F)cc2[nH]1. The van der Waals surface area contributed by atoms with Crippen molar-refractivity contribution < 1.29 is 13.9 Å². The number of ether oxygens (including phenoxy) is 1. The molecule has 130 valence electrons. The molecule has 1 aromatic carbocycles. The van der Waals surface area contributed by atoms with E-state index in [0.717, 1.165) is 5.56 Å². The first-order chi connectivity index (χ1) is 12.2. The predicted molar refractivity (Wildman–Crippen MR) is 95.6 cm³/mol. The number of nitrogens with one attached hydrogen (secondary N) is 1. The third-order valence-electron chi connectivity index (χ3n) is 3.61. The lowest BCUT2D eigenvalue weighted by atomic mass is 10.3. The summed E-state index contributed by atoms with van der Waals surface area (Å²) in [4.78, 5) is 21.3. The molecule has 25 heavy (non-hydrogen) atoms. The highest BCUT2D eigenvalue weighted by atomic mass is 32.1. The monoisotopic (exact) mass is 359 g/mol. The van der Waals surface area contributed by atoms with Crippen LogP contribution in [0.4, 0.5) is 4.39 Å². The second-order valence-electron chi connectivity index (χ2n) is 5.53. The van der Waals surface area contributed by atoms with E-state index in [-0.39, 0.29) is 24.9 Å². The molecule has 5 nitrogen and oxygen atoms in total. The number of carbonyl (C=O) groups is 1. The predicted octanol–water partition coefficient (Wildman–Crippen LogP) is 3.49. The second-order valence-corrected chi connectivity index (χ2v) is 6.31. The number of imidazole rings is 1. The minimum absolute atomic E-state index is 0.0522. The average Bonchev–Trinajstić information content (AvgIpc) is 3.23. The number of rotatable bonds is 8. The molecule has 2 heterocycles. The highest BCUT2D eigenvalue weighted by Crippen LogP contribution is 2.14. The Labute approximate surface area is 148 Å². The number of H-pyrrole nitrogens is 1.